The maximum atomic E-state index is 13.1. The van der Waals surface area contributed by atoms with Crippen LogP contribution in [0.5, 0.6) is 5.75 Å². The summed E-state index contributed by atoms with van der Waals surface area (Å²) in [7, 11) is 1.59. The molecule has 4 rings (SSSR count). The van der Waals surface area contributed by atoms with Crippen LogP contribution in [-0.4, -0.2) is 68.2 Å². The van der Waals surface area contributed by atoms with Crippen molar-refractivity contribution in [3.05, 3.63) is 70.8 Å². The van der Waals surface area contributed by atoms with Crippen molar-refractivity contribution in [1.29, 1.82) is 0 Å². The Hall–Kier alpha value is -3.16. The maximum absolute atomic E-state index is 13.1. The number of ketones is 1. The van der Waals surface area contributed by atoms with E-state index in [0.29, 0.717) is 17.9 Å². The number of nitrogens with zero attached hydrogens (tertiary/aromatic N) is 1. The van der Waals surface area contributed by atoms with Gasteiger partial charge in [0.25, 0.3) is 11.7 Å². The summed E-state index contributed by atoms with van der Waals surface area (Å²) in [5.74, 6) is -0.672. The number of likely N-dealkylation sites (tertiary alicyclic amines) is 1. The molecule has 0 saturated carbocycles. The van der Waals surface area contributed by atoms with Crippen LogP contribution in [0.15, 0.2) is 54.1 Å². The van der Waals surface area contributed by atoms with E-state index in [2.05, 4.69) is 0 Å². The number of ether oxygens (including phenoxy) is 2. The molecule has 2 aromatic carbocycles. The summed E-state index contributed by atoms with van der Waals surface area (Å²) in [6.45, 7) is 6.71. The normalized spacial score (nSPS) is 20.9. The van der Waals surface area contributed by atoms with E-state index in [9.17, 15) is 14.7 Å². The Bertz CT molecular complexity index is 1020. The van der Waals surface area contributed by atoms with Gasteiger partial charge in [-0.25, -0.2) is 0 Å². The summed E-state index contributed by atoms with van der Waals surface area (Å²) in [4.78, 5) is 29.2. The number of carbonyl (C=O) groups excluding carboxylic acids is 2. The lowest BCUT2D eigenvalue weighted by Gasteiger charge is -2.27. The molecule has 2 N–H and O–H groups in total. The molecule has 1 amide bonds. The fraction of sp³-hybridized carbons (Fsp3) is 0.385. The van der Waals surface area contributed by atoms with Crippen molar-refractivity contribution in [1.82, 2.24) is 4.90 Å². The van der Waals surface area contributed by atoms with Crippen molar-refractivity contribution in [2.45, 2.75) is 19.4 Å². The number of amides is 1. The smallest absolute Gasteiger partial charge is 0.295 e. The lowest BCUT2D eigenvalue weighted by Crippen LogP contribution is -3.14. The summed E-state index contributed by atoms with van der Waals surface area (Å²) in [6.07, 6.45) is 0.763. The minimum Gasteiger partial charge on any atom is -0.507 e. The van der Waals surface area contributed by atoms with Gasteiger partial charge in [0.05, 0.1) is 38.5 Å². The third-order valence-corrected chi connectivity index (χ3v) is 6.43. The Morgan fingerprint density at radius 2 is 1.76 bits per heavy atom. The fourth-order valence-electron chi connectivity index (χ4n) is 4.52. The second-order valence-electron chi connectivity index (χ2n) is 8.60. The van der Waals surface area contributed by atoms with Gasteiger partial charge in [-0.3, -0.25) is 9.59 Å². The monoisotopic (exact) mass is 451 g/mol. The second kappa shape index (κ2) is 10.2. The van der Waals surface area contributed by atoms with Gasteiger partial charge in [-0.15, -0.1) is 0 Å². The second-order valence-corrected chi connectivity index (χ2v) is 8.60. The first kappa shape index (κ1) is 23.0. The Balaban J connectivity index is 1.66. The standard InChI is InChI=1S/C26H30N2O5/c1-18-4-6-20(7-5-18)24(29)22-23(19-8-10-21(32-2)11-9-19)28(26(31)25(22)30)13-3-12-27-14-16-33-17-15-27/h4-11,23,29H,3,12-17H2,1-2H3/p+1. The fourth-order valence-corrected chi connectivity index (χ4v) is 4.52. The molecule has 0 aliphatic carbocycles. The highest BCUT2D eigenvalue weighted by atomic mass is 16.5. The minimum absolute atomic E-state index is 0.132. The first-order chi connectivity index (χ1) is 16.0. The highest BCUT2D eigenvalue weighted by molar-refractivity contribution is 6.46. The number of morpholine rings is 1. The van der Waals surface area contributed by atoms with E-state index < -0.39 is 17.7 Å². The molecule has 1 atom stereocenters. The molecule has 0 bridgehead atoms. The van der Waals surface area contributed by atoms with Gasteiger partial charge in [-0.1, -0.05) is 42.0 Å². The SMILES string of the molecule is COc1ccc(C2C(=C(O)c3ccc(C)cc3)C(=O)C(=O)N2CCC[NH+]2CCOCC2)cc1. The lowest BCUT2D eigenvalue weighted by molar-refractivity contribution is -0.908. The number of aryl methyl sites for hydroxylation is 1. The average Bonchev–Trinajstić information content (AvgIpc) is 3.10. The van der Waals surface area contributed by atoms with Crippen molar-refractivity contribution < 1.29 is 29.1 Å². The molecule has 2 heterocycles. The van der Waals surface area contributed by atoms with Crippen molar-refractivity contribution >= 4 is 17.4 Å². The van der Waals surface area contributed by atoms with Crippen molar-refractivity contribution in [2.75, 3.05) is 46.5 Å². The molecular weight excluding hydrogens is 420 g/mol. The molecule has 7 heteroatoms. The molecule has 174 valence electrons. The summed E-state index contributed by atoms with van der Waals surface area (Å²) < 4.78 is 10.7. The Morgan fingerprint density at radius 1 is 1.09 bits per heavy atom. The van der Waals surface area contributed by atoms with Gasteiger partial charge < -0.3 is 24.4 Å². The minimum atomic E-state index is -0.646. The molecule has 2 aromatic rings. The van der Waals surface area contributed by atoms with E-state index >= 15 is 0 Å². The van der Waals surface area contributed by atoms with Crippen molar-refractivity contribution in [2.24, 2.45) is 0 Å². The van der Waals surface area contributed by atoms with E-state index in [1.54, 1.807) is 36.3 Å². The third-order valence-electron chi connectivity index (χ3n) is 6.43. The number of aliphatic hydroxyl groups is 1. The van der Waals surface area contributed by atoms with Crippen LogP contribution in [-0.2, 0) is 14.3 Å². The third kappa shape index (κ3) is 4.94. The van der Waals surface area contributed by atoms with Crippen LogP contribution in [0.4, 0.5) is 0 Å². The lowest BCUT2D eigenvalue weighted by atomic mass is 9.95. The van der Waals surface area contributed by atoms with Crippen LogP contribution in [0.2, 0.25) is 0 Å². The van der Waals surface area contributed by atoms with Crippen LogP contribution >= 0.6 is 0 Å². The number of carbonyl (C=O) groups is 2. The quantitative estimate of drug-likeness (QED) is 0.381. The number of rotatable bonds is 7. The van der Waals surface area contributed by atoms with Gasteiger partial charge in [-0.2, -0.15) is 0 Å². The number of Topliss-reactive ketones (excluding diaryl/α,β-unsaturated/α-hetero) is 1. The van der Waals surface area contributed by atoms with E-state index in [-0.39, 0.29) is 11.3 Å². The van der Waals surface area contributed by atoms with Crippen molar-refractivity contribution in [3.8, 4) is 5.75 Å². The van der Waals surface area contributed by atoms with Crippen molar-refractivity contribution in [3.63, 3.8) is 0 Å². The van der Waals surface area contributed by atoms with Gasteiger partial charge in [0.15, 0.2) is 0 Å². The summed E-state index contributed by atoms with van der Waals surface area (Å²) >= 11 is 0. The molecule has 7 nitrogen and oxygen atoms in total. The molecule has 2 aliphatic heterocycles. The van der Waals surface area contributed by atoms with Gasteiger partial charge in [0, 0.05) is 18.5 Å². The average molecular weight is 452 g/mol. The predicted molar refractivity (Wildman–Crippen MR) is 124 cm³/mol. The van der Waals surface area contributed by atoms with Crippen LogP contribution < -0.4 is 9.64 Å². The Kier molecular flexibility index (Phi) is 7.11. The van der Waals surface area contributed by atoms with Gasteiger partial charge in [0.2, 0.25) is 0 Å². The van der Waals surface area contributed by atoms with Crippen LogP contribution in [0.3, 0.4) is 0 Å². The number of quaternary nitrogens is 1. The van der Waals surface area contributed by atoms with E-state index in [1.807, 2.05) is 31.2 Å². The molecule has 0 radical (unpaired) electrons. The molecule has 2 fully saturated rings. The number of benzene rings is 2. The molecular formula is C26H31N2O5+. The van der Waals surface area contributed by atoms with Crippen LogP contribution in [0.25, 0.3) is 5.76 Å². The zero-order valence-electron chi connectivity index (χ0n) is 19.2. The number of methoxy groups -OCH3 is 1. The van der Waals surface area contributed by atoms with Gasteiger partial charge in [-0.05, 0) is 24.6 Å². The molecule has 2 aliphatic rings. The molecule has 0 spiro atoms. The summed E-state index contributed by atoms with van der Waals surface area (Å²) in [6, 6.07) is 13.9. The number of nitrogens with one attached hydrogen (secondary N) is 1. The molecule has 2 saturated heterocycles. The first-order valence-corrected chi connectivity index (χ1v) is 11.4. The molecule has 1 unspecified atom stereocenters. The first-order valence-electron chi connectivity index (χ1n) is 11.4. The van der Waals surface area contributed by atoms with Gasteiger partial charge in [0.1, 0.15) is 24.6 Å². The van der Waals surface area contributed by atoms with E-state index in [4.69, 9.17) is 9.47 Å². The zero-order valence-corrected chi connectivity index (χ0v) is 19.2. The number of hydrogen-bond donors (Lipinski definition) is 2. The molecule has 0 aromatic heterocycles. The topological polar surface area (TPSA) is 80.5 Å². The highest BCUT2D eigenvalue weighted by Crippen LogP contribution is 2.39. The summed E-state index contributed by atoms with van der Waals surface area (Å²) in [5.41, 5.74) is 2.47. The molecule has 33 heavy (non-hydrogen) atoms. The van der Waals surface area contributed by atoms with Gasteiger partial charge >= 0.3 is 0 Å². The van der Waals surface area contributed by atoms with E-state index in [1.165, 1.54) is 4.90 Å². The number of aliphatic hydroxyl groups excluding tert-OH is 1. The van der Waals surface area contributed by atoms with E-state index in [0.717, 1.165) is 50.4 Å². The van der Waals surface area contributed by atoms with Crippen LogP contribution in [0.1, 0.15) is 29.2 Å². The maximum Gasteiger partial charge on any atom is 0.295 e. The largest absolute Gasteiger partial charge is 0.507 e. The number of hydrogen-bond acceptors (Lipinski definition) is 5. The van der Waals surface area contributed by atoms with Crippen LogP contribution in [0, 0.1) is 6.92 Å². The predicted octanol–water partition coefficient (Wildman–Crippen LogP) is 1.73. The zero-order chi connectivity index (χ0) is 23.4. The Labute approximate surface area is 194 Å². The summed E-state index contributed by atoms with van der Waals surface area (Å²) in [5, 5.41) is 11.1. The Morgan fingerprint density at radius 3 is 2.39 bits per heavy atom. The highest BCUT2D eigenvalue weighted by Gasteiger charge is 2.45.